The van der Waals surface area contributed by atoms with E-state index in [1.54, 1.807) is 51.5 Å². The van der Waals surface area contributed by atoms with Gasteiger partial charge < -0.3 is 9.47 Å². The van der Waals surface area contributed by atoms with Gasteiger partial charge in [0.1, 0.15) is 5.52 Å². The molecule has 0 N–H and O–H groups in total. The number of fused-ring (bicyclic) bond motifs is 2. The highest BCUT2D eigenvalue weighted by atomic mass is 16.5. The van der Waals surface area contributed by atoms with Crippen molar-refractivity contribution in [1.82, 2.24) is 28.7 Å². The molecule has 0 unspecified atom stereocenters. The van der Waals surface area contributed by atoms with Crippen LogP contribution in [0.2, 0.25) is 0 Å². The molecule has 10 heteroatoms. The Morgan fingerprint density at radius 1 is 1.29 bits per heavy atom. The van der Waals surface area contributed by atoms with E-state index in [2.05, 4.69) is 16.2 Å². The zero-order valence-corrected chi connectivity index (χ0v) is 17.1. The monoisotopic (exact) mass is 419 g/mol. The predicted octanol–water partition coefficient (Wildman–Crippen LogP) is 1.78. The Bertz CT molecular complexity index is 1360. The van der Waals surface area contributed by atoms with Crippen LogP contribution in [-0.4, -0.2) is 55.6 Å². The number of hydrogen-bond donors (Lipinski definition) is 0. The van der Waals surface area contributed by atoms with E-state index in [9.17, 15) is 10.1 Å². The number of rotatable bonds is 5. The average molecular weight is 419 g/mol. The third kappa shape index (κ3) is 3.28. The molecule has 0 radical (unpaired) electrons. The summed E-state index contributed by atoms with van der Waals surface area (Å²) in [4.78, 5) is 22.6. The van der Waals surface area contributed by atoms with Crippen LogP contribution in [0.3, 0.4) is 0 Å². The second-order valence-corrected chi connectivity index (χ2v) is 7.46. The summed E-state index contributed by atoms with van der Waals surface area (Å²) < 4.78 is 15.8. The lowest BCUT2D eigenvalue weighted by Crippen LogP contribution is -2.31. The van der Waals surface area contributed by atoms with Crippen molar-refractivity contribution < 1.29 is 9.47 Å². The first-order chi connectivity index (χ1) is 15.2. The van der Waals surface area contributed by atoms with Crippen LogP contribution < -0.4 is 5.69 Å². The quantitative estimate of drug-likeness (QED) is 0.485. The standard InChI is InChI=1S/C21H21N7O3/c1-30-9-6-26-18-13-23-19(16-12-24-27-5-2-14(11-22)10-17(16)27)25-20(18)28(21(26)29)15-3-7-31-8-4-15/h2,5,10,12-13,15H,3-4,6-9H2,1H3. The van der Waals surface area contributed by atoms with Crippen molar-refractivity contribution in [2.75, 3.05) is 26.9 Å². The van der Waals surface area contributed by atoms with Gasteiger partial charge in [-0.25, -0.2) is 19.3 Å². The minimum atomic E-state index is -0.114. The minimum absolute atomic E-state index is 0.0180. The van der Waals surface area contributed by atoms with E-state index in [1.807, 2.05) is 0 Å². The summed E-state index contributed by atoms with van der Waals surface area (Å²) in [5, 5.41) is 13.6. The maximum absolute atomic E-state index is 13.3. The van der Waals surface area contributed by atoms with Crippen molar-refractivity contribution in [3.63, 3.8) is 0 Å². The molecular formula is C21H21N7O3. The molecule has 1 saturated heterocycles. The van der Waals surface area contributed by atoms with Gasteiger partial charge in [0.25, 0.3) is 0 Å². The molecule has 0 bridgehead atoms. The fourth-order valence-corrected chi connectivity index (χ4v) is 4.08. The van der Waals surface area contributed by atoms with Gasteiger partial charge in [-0.15, -0.1) is 0 Å². The molecule has 0 saturated carbocycles. The van der Waals surface area contributed by atoms with Crippen molar-refractivity contribution in [1.29, 1.82) is 5.26 Å². The molecule has 0 spiro atoms. The van der Waals surface area contributed by atoms with Gasteiger partial charge in [0, 0.05) is 32.6 Å². The smallest absolute Gasteiger partial charge is 0.330 e. The largest absolute Gasteiger partial charge is 0.383 e. The molecule has 1 aliphatic rings. The lowest BCUT2D eigenvalue weighted by Gasteiger charge is -2.22. The van der Waals surface area contributed by atoms with Crippen molar-refractivity contribution >= 4 is 16.7 Å². The van der Waals surface area contributed by atoms with Crippen LogP contribution in [-0.2, 0) is 16.0 Å². The summed E-state index contributed by atoms with van der Waals surface area (Å²) in [7, 11) is 1.61. The summed E-state index contributed by atoms with van der Waals surface area (Å²) >= 11 is 0. The molecule has 4 aromatic heterocycles. The molecule has 1 aliphatic heterocycles. The fraction of sp³-hybridized carbons (Fsp3) is 0.381. The van der Waals surface area contributed by atoms with Crippen molar-refractivity contribution in [2.45, 2.75) is 25.4 Å². The maximum atomic E-state index is 13.3. The van der Waals surface area contributed by atoms with E-state index < -0.39 is 0 Å². The number of hydrogen-bond acceptors (Lipinski definition) is 7. The van der Waals surface area contributed by atoms with E-state index >= 15 is 0 Å². The topological polar surface area (TPSA) is 112 Å². The molecule has 5 heterocycles. The van der Waals surface area contributed by atoms with E-state index in [0.717, 1.165) is 18.4 Å². The molecule has 31 heavy (non-hydrogen) atoms. The maximum Gasteiger partial charge on any atom is 0.330 e. The normalized spacial score (nSPS) is 15.0. The van der Waals surface area contributed by atoms with Crippen LogP contribution in [0.15, 0.2) is 35.5 Å². The third-order valence-electron chi connectivity index (χ3n) is 5.67. The number of nitrogens with zero attached hydrogens (tertiary/aromatic N) is 7. The van der Waals surface area contributed by atoms with Crippen LogP contribution >= 0.6 is 0 Å². The summed E-state index contributed by atoms with van der Waals surface area (Å²) in [6, 6.07) is 5.62. The highest BCUT2D eigenvalue weighted by Crippen LogP contribution is 2.27. The average Bonchev–Trinajstić information content (AvgIpc) is 3.35. The zero-order valence-electron chi connectivity index (χ0n) is 17.1. The van der Waals surface area contributed by atoms with Gasteiger partial charge in [-0.1, -0.05) is 0 Å². The Labute approximate surface area is 177 Å². The minimum Gasteiger partial charge on any atom is -0.383 e. The second kappa shape index (κ2) is 7.94. The molecular weight excluding hydrogens is 398 g/mol. The SMILES string of the molecule is COCCn1c(=O)n(C2CCOCC2)c2nc(-c3cnn4ccc(C#N)cc34)ncc21. The summed E-state index contributed by atoms with van der Waals surface area (Å²) in [5.41, 5.74) is 3.12. The van der Waals surface area contributed by atoms with E-state index in [0.29, 0.717) is 54.5 Å². The highest BCUT2D eigenvalue weighted by Gasteiger charge is 2.25. The van der Waals surface area contributed by atoms with Gasteiger partial charge in [0.05, 0.1) is 48.3 Å². The van der Waals surface area contributed by atoms with Crippen molar-refractivity contribution in [2.24, 2.45) is 0 Å². The molecule has 158 valence electrons. The molecule has 0 atom stereocenters. The first-order valence-electron chi connectivity index (χ1n) is 10.1. The Morgan fingerprint density at radius 2 is 2.13 bits per heavy atom. The van der Waals surface area contributed by atoms with Crippen molar-refractivity contribution in [3.05, 3.63) is 46.8 Å². The van der Waals surface area contributed by atoms with E-state index in [-0.39, 0.29) is 11.7 Å². The van der Waals surface area contributed by atoms with Crippen LogP contribution in [0.5, 0.6) is 0 Å². The van der Waals surface area contributed by atoms with Crippen LogP contribution in [0.4, 0.5) is 0 Å². The van der Waals surface area contributed by atoms with Crippen LogP contribution in [0, 0.1) is 11.3 Å². The molecule has 0 aliphatic carbocycles. The predicted molar refractivity (Wildman–Crippen MR) is 112 cm³/mol. The van der Waals surface area contributed by atoms with Gasteiger partial charge in [0.15, 0.2) is 11.5 Å². The van der Waals surface area contributed by atoms with Gasteiger partial charge in [-0.05, 0) is 25.0 Å². The van der Waals surface area contributed by atoms with Crippen molar-refractivity contribution in [3.8, 4) is 17.5 Å². The van der Waals surface area contributed by atoms with Gasteiger partial charge in [0.2, 0.25) is 0 Å². The summed E-state index contributed by atoms with van der Waals surface area (Å²) in [6.07, 6.45) is 6.60. The lowest BCUT2D eigenvalue weighted by atomic mass is 10.1. The number of pyridine rings is 1. The summed E-state index contributed by atoms with van der Waals surface area (Å²) in [6.45, 7) is 2.07. The number of aromatic nitrogens is 6. The number of ether oxygens (including phenoxy) is 2. The molecule has 0 amide bonds. The number of imidazole rings is 1. The molecule has 0 aromatic carbocycles. The first-order valence-corrected chi connectivity index (χ1v) is 10.1. The Hall–Kier alpha value is -3.55. The number of methoxy groups -OCH3 is 1. The van der Waals surface area contributed by atoms with Crippen LogP contribution in [0.1, 0.15) is 24.4 Å². The Morgan fingerprint density at radius 3 is 2.90 bits per heavy atom. The van der Waals surface area contributed by atoms with Gasteiger partial charge >= 0.3 is 5.69 Å². The van der Waals surface area contributed by atoms with Gasteiger partial charge in [-0.3, -0.25) is 9.13 Å². The summed E-state index contributed by atoms with van der Waals surface area (Å²) in [5.74, 6) is 0.460. The number of nitriles is 1. The van der Waals surface area contributed by atoms with Gasteiger partial charge in [-0.2, -0.15) is 10.4 Å². The lowest BCUT2D eigenvalue weighted by molar-refractivity contribution is 0.0693. The second-order valence-electron chi connectivity index (χ2n) is 7.46. The molecule has 10 nitrogen and oxygen atoms in total. The Balaban J connectivity index is 1.70. The van der Waals surface area contributed by atoms with E-state index in [4.69, 9.17) is 14.5 Å². The third-order valence-corrected chi connectivity index (χ3v) is 5.67. The molecule has 5 rings (SSSR count). The molecule has 1 fully saturated rings. The Kier molecular flexibility index (Phi) is 4.97. The van der Waals surface area contributed by atoms with Crippen LogP contribution in [0.25, 0.3) is 28.1 Å². The first kappa shape index (κ1) is 19.4. The fourth-order valence-electron chi connectivity index (χ4n) is 4.08. The molecule has 4 aromatic rings. The zero-order chi connectivity index (χ0) is 21.4. The van der Waals surface area contributed by atoms with E-state index in [1.165, 1.54) is 0 Å². The highest BCUT2D eigenvalue weighted by molar-refractivity contribution is 5.80.